The Kier molecular flexibility index (Phi) is 14.5. The maximum atomic E-state index is 13.7. The van der Waals surface area contributed by atoms with Crippen molar-refractivity contribution in [2.75, 3.05) is 81.2 Å². The Morgan fingerprint density at radius 3 is 2.23 bits per heavy atom. The summed E-state index contributed by atoms with van der Waals surface area (Å²) in [5.74, 6) is -0.513. The highest BCUT2D eigenvalue weighted by Crippen LogP contribution is 2.44. The van der Waals surface area contributed by atoms with E-state index >= 15 is 0 Å². The zero-order chi connectivity index (χ0) is 47.9. The van der Waals surface area contributed by atoms with E-state index in [1.807, 2.05) is 83.5 Å². The van der Waals surface area contributed by atoms with Gasteiger partial charge in [0.2, 0.25) is 5.95 Å². The number of rotatable bonds is 18. The van der Waals surface area contributed by atoms with Crippen LogP contribution in [0.3, 0.4) is 0 Å². The lowest BCUT2D eigenvalue weighted by Gasteiger charge is -2.39. The molecule has 18 heteroatoms. The number of anilines is 3. The number of piperazine rings is 1. The third-order valence-electron chi connectivity index (χ3n) is 12.7. The fraction of sp³-hybridized carbons (Fsp3) is 0.314. The van der Waals surface area contributed by atoms with Gasteiger partial charge in [-0.1, -0.05) is 91.0 Å². The van der Waals surface area contributed by atoms with Gasteiger partial charge in [-0.2, -0.15) is 15.1 Å². The first-order chi connectivity index (χ1) is 33.5. The van der Waals surface area contributed by atoms with Gasteiger partial charge in [-0.25, -0.2) is 18.3 Å². The van der Waals surface area contributed by atoms with Crippen LogP contribution in [0.15, 0.2) is 115 Å². The van der Waals surface area contributed by atoms with Crippen LogP contribution in [0.2, 0.25) is 0 Å². The summed E-state index contributed by atoms with van der Waals surface area (Å²) in [6, 6.07) is 31.0. The molecule has 2 atom stereocenters. The number of hydrogen-bond donors (Lipinski definition) is 5. The number of benzene rings is 4. The van der Waals surface area contributed by atoms with Gasteiger partial charge in [0.25, 0.3) is 5.91 Å². The summed E-state index contributed by atoms with van der Waals surface area (Å²) in [6.07, 6.45) is 2.84. The number of nitrogens with one attached hydrogen (secondary N) is 3. The number of aliphatic hydroxyl groups is 1. The predicted molar refractivity (Wildman–Crippen MR) is 259 cm³/mol. The Balaban J connectivity index is 0.708. The highest BCUT2D eigenvalue weighted by molar-refractivity contribution is 5.84. The lowest BCUT2D eigenvalue weighted by molar-refractivity contribution is -0.130. The molecule has 4 heterocycles. The molecule has 2 amide bonds. The van der Waals surface area contributed by atoms with Crippen LogP contribution in [0, 0.1) is 18.6 Å². The molecule has 3 aliphatic rings. The first kappa shape index (κ1) is 46.8. The molecule has 9 rings (SSSR count). The molecule has 358 valence electrons. The Bertz CT molecular complexity index is 2710. The summed E-state index contributed by atoms with van der Waals surface area (Å²) in [5.41, 5.74) is 13.8. The summed E-state index contributed by atoms with van der Waals surface area (Å²) in [6.45, 7) is 6.71. The van der Waals surface area contributed by atoms with E-state index < -0.39 is 36.0 Å². The van der Waals surface area contributed by atoms with Crippen molar-refractivity contribution in [3.8, 4) is 16.9 Å². The van der Waals surface area contributed by atoms with E-state index in [2.05, 4.69) is 66.3 Å². The molecule has 1 aliphatic carbocycles. The number of amides is 2. The molecular weight excluding hydrogens is 885 g/mol. The van der Waals surface area contributed by atoms with Gasteiger partial charge in [-0.3, -0.25) is 15.0 Å². The number of carbonyl (C=O) groups is 2. The molecule has 4 aromatic carbocycles. The standard InChI is InChI=1S/C51H55F2N11O5/c1-33-35(12-9-17-61-18-20-62(21-19-61)38-24-36(52)23-37(53)25-38)27-58-64(33)47-26-46(59-50(54)60-47)63-30-39(31-63)68-32-57-48(65)29-55-49(66)45(22-34-10-3-2-4-11-34)69-51(67)56-28-44-42-15-7-5-13-40(42)41-14-6-8-16-43(41)44/h2-16,23-27,39,44-45,48,57,65H,17-22,28-32H2,1H3,(H,55,66)(H,56,67)(H2,54,59,60)/b12-9+. The number of nitrogens with zero attached hydrogens (tertiary/aromatic N) is 7. The minimum atomic E-state index is -1.15. The van der Waals surface area contributed by atoms with Crippen LogP contribution in [0.25, 0.3) is 23.0 Å². The maximum Gasteiger partial charge on any atom is 0.407 e. The van der Waals surface area contributed by atoms with Crippen molar-refractivity contribution in [3.05, 3.63) is 155 Å². The van der Waals surface area contributed by atoms with Crippen LogP contribution < -0.4 is 31.5 Å². The van der Waals surface area contributed by atoms with Crippen LogP contribution >= 0.6 is 0 Å². The Morgan fingerprint density at radius 1 is 0.855 bits per heavy atom. The predicted octanol–water partition coefficient (Wildman–Crippen LogP) is 5.00. The molecule has 0 radical (unpaired) electrons. The Labute approximate surface area is 398 Å². The molecular formula is C51H55F2N11O5. The normalized spacial score (nSPS) is 15.9. The Morgan fingerprint density at radius 2 is 1.52 bits per heavy atom. The molecule has 2 aromatic heterocycles. The van der Waals surface area contributed by atoms with E-state index in [4.69, 9.17) is 15.2 Å². The third-order valence-corrected chi connectivity index (χ3v) is 12.7. The maximum absolute atomic E-state index is 13.7. The number of nitrogen functional groups attached to an aromatic ring is 1. The number of fused-ring (bicyclic) bond motifs is 3. The van der Waals surface area contributed by atoms with E-state index in [0.717, 1.165) is 58.2 Å². The van der Waals surface area contributed by atoms with Gasteiger partial charge in [0.05, 0.1) is 31.3 Å². The monoisotopic (exact) mass is 939 g/mol. The second-order valence-corrected chi connectivity index (χ2v) is 17.4. The van der Waals surface area contributed by atoms with E-state index in [-0.39, 0.29) is 37.7 Å². The summed E-state index contributed by atoms with van der Waals surface area (Å²) < 4.78 is 40.9. The van der Waals surface area contributed by atoms with E-state index in [0.29, 0.717) is 56.6 Å². The van der Waals surface area contributed by atoms with Gasteiger partial charge in [0, 0.05) is 88.1 Å². The number of nitrogens with two attached hydrogens (primary N) is 1. The number of aromatic nitrogens is 4. The fourth-order valence-electron chi connectivity index (χ4n) is 8.99. The number of carbonyl (C=O) groups excluding carboxylic acids is 2. The molecule has 69 heavy (non-hydrogen) atoms. The molecule has 6 N–H and O–H groups in total. The minimum Gasteiger partial charge on any atom is -0.436 e. The number of hydrogen-bond acceptors (Lipinski definition) is 13. The molecule has 0 saturated carbocycles. The van der Waals surface area contributed by atoms with Crippen molar-refractivity contribution < 1.29 is 33.0 Å². The smallest absolute Gasteiger partial charge is 0.407 e. The number of alkyl carbamates (subject to hydrolysis) is 1. The zero-order valence-electron chi connectivity index (χ0n) is 38.2. The average molecular weight is 940 g/mol. The van der Waals surface area contributed by atoms with E-state index in [1.54, 1.807) is 10.9 Å². The molecule has 0 bridgehead atoms. The van der Waals surface area contributed by atoms with Gasteiger partial charge in [-0.05, 0) is 46.9 Å². The summed E-state index contributed by atoms with van der Waals surface area (Å²) in [4.78, 5) is 41.8. The fourth-order valence-corrected chi connectivity index (χ4v) is 8.99. The van der Waals surface area contributed by atoms with E-state index in [1.165, 1.54) is 12.1 Å². The zero-order valence-corrected chi connectivity index (χ0v) is 38.2. The van der Waals surface area contributed by atoms with Crippen LogP contribution in [0.4, 0.5) is 31.0 Å². The Hall–Kier alpha value is -7.25. The van der Waals surface area contributed by atoms with Gasteiger partial charge < -0.3 is 40.7 Å². The second kappa shape index (κ2) is 21.4. The third kappa shape index (κ3) is 11.4. The first-order valence-corrected chi connectivity index (χ1v) is 23.1. The van der Waals surface area contributed by atoms with Crippen molar-refractivity contribution in [1.82, 2.24) is 40.6 Å². The van der Waals surface area contributed by atoms with Crippen molar-refractivity contribution in [3.63, 3.8) is 0 Å². The van der Waals surface area contributed by atoms with Crippen molar-refractivity contribution >= 4 is 35.5 Å². The topological polar surface area (TPSA) is 188 Å². The minimum absolute atomic E-state index is 0.0155. The quantitative estimate of drug-likeness (QED) is 0.0726. The average Bonchev–Trinajstić information content (AvgIpc) is 3.87. The largest absolute Gasteiger partial charge is 0.436 e. The van der Waals surface area contributed by atoms with Gasteiger partial charge in [0.1, 0.15) is 23.7 Å². The summed E-state index contributed by atoms with van der Waals surface area (Å²) in [7, 11) is 0. The second-order valence-electron chi connectivity index (χ2n) is 17.4. The number of aliphatic hydroxyl groups excluding tert-OH is 1. The van der Waals surface area contributed by atoms with Crippen LogP contribution in [-0.4, -0.2) is 126 Å². The number of halogens is 2. The lowest BCUT2D eigenvalue weighted by atomic mass is 9.97. The van der Waals surface area contributed by atoms with Gasteiger partial charge in [0.15, 0.2) is 11.9 Å². The molecule has 16 nitrogen and oxygen atoms in total. The molecule has 6 aromatic rings. The molecule has 2 unspecified atom stereocenters. The molecule has 2 aliphatic heterocycles. The van der Waals surface area contributed by atoms with Crippen LogP contribution in [-0.2, 0) is 20.7 Å². The molecule has 2 fully saturated rings. The van der Waals surface area contributed by atoms with Crippen LogP contribution in [0.1, 0.15) is 33.9 Å². The summed E-state index contributed by atoms with van der Waals surface area (Å²) >= 11 is 0. The highest BCUT2D eigenvalue weighted by Gasteiger charge is 2.32. The SMILES string of the molecule is Cc1c(/C=C/CN2CCN(c3cc(F)cc(F)c3)CC2)cnn1-c1cc(N2CC(OCNC(O)CNC(=O)C(Cc3ccccc3)OC(=O)NCC3c4ccccc4-c4ccccc43)C2)nc(N)n1. The van der Waals surface area contributed by atoms with Crippen molar-refractivity contribution in [2.45, 2.75) is 37.7 Å². The highest BCUT2D eigenvalue weighted by atomic mass is 19.1. The lowest BCUT2D eigenvalue weighted by Crippen LogP contribution is -2.54. The first-order valence-electron chi connectivity index (χ1n) is 23.1. The van der Waals surface area contributed by atoms with Crippen molar-refractivity contribution in [1.29, 1.82) is 0 Å². The van der Waals surface area contributed by atoms with Crippen LogP contribution in [0.5, 0.6) is 0 Å². The summed E-state index contributed by atoms with van der Waals surface area (Å²) in [5, 5.41) is 23.8. The molecule has 2 saturated heterocycles. The molecule has 0 spiro atoms. The number of ether oxygens (including phenoxy) is 2. The van der Waals surface area contributed by atoms with Gasteiger partial charge in [-0.15, -0.1) is 0 Å². The van der Waals surface area contributed by atoms with Gasteiger partial charge >= 0.3 is 6.09 Å². The van der Waals surface area contributed by atoms with Crippen molar-refractivity contribution in [2.24, 2.45) is 0 Å². The van der Waals surface area contributed by atoms with E-state index in [9.17, 15) is 23.5 Å².